The van der Waals surface area contributed by atoms with Crippen molar-refractivity contribution in [2.24, 2.45) is 23.2 Å². The van der Waals surface area contributed by atoms with Crippen LogP contribution in [0.4, 0.5) is 0 Å². The lowest BCUT2D eigenvalue weighted by Gasteiger charge is -2.33. The van der Waals surface area contributed by atoms with Crippen molar-refractivity contribution in [1.29, 1.82) is 0 Å². The summed E-state index contributed by atoms with van der Waals surface area (Å²) in [6.45, 7) is 13.1. The molecule has 0 aliphatic carbocycles. The van der Waals surface area contributed by atoms with E-state index in [1.807, 2.05) is 34.6 Å². The molecule has 0 spiro atoms. The van der Waals surface area contributed by atoms with Crippen LogP contribution in [0.3, 0.4) is 0 Å². The Morgan fingerprint density at radius 2 is 1.64 bits per heavy atom. The normalized spacial score (nSPS) is 15.0. The minimum absolute atomic E-state index is 0.155. The van der Waals surface area contributed by atoms with Crippen molar-refractivity contribution in [2.45, 2.75) is 53.5 Å². The van der Waals surface area contributed by atoms with E-state index in [2.05, 4.69) is 17.2 Å². The Morgan fingerprint density at radius 1 is 1.08 bits per heavy atom. The Morgan fingerprint density at radius 3 is 2.00 bits per heavy atom. The van der Waals surface area contributed by atoms with Crippen molar-refractivity contribution in [3.05, 3.63) is 12.7 Å². The Bertz CT molecular complexity index is 483. The zero-order valence-corrected chi connectivity index (χ0v) is 16.2. The maximum Gasteiger partial charge on any atom is 0.247 e. The second-order valence-corrected chi connectivity index (χ2v) is 7.76. The van der Waals surface area contributed by atoms with E-state index in [9.17, 15) is 14.4 Å². The van der Waals surface area contributed by atoms with Crippen molar-refractivity contribution < 1.29 is 19.6 Å². The molecular formula is C18H33N3O4. The van der Waals surface area contributed by atoms with E-state index in [4.69, 9.17) is 5.21 Å². The minimum Gasteiger partial charge on any atom is -0.357 e. The molecule has 0 saturated carbocycles. The Labute approximate surface area is 150 Å². The summed E-state index contributed by atoms with van der Waals surface area (Å²) >= 11 is 0. The molecule has 4 N–H and O–H groups in total. The number of hydrogen-bond acceptors (Lipinski definition) is 4. The van der Waals surface area contributed by atoms with E-state index in [1.165, 1.54) is 7.05 Å². The molecule has 3 atom stereocenters. The summed E-state index contributed by atoms with van der Waals surface area (Å²) in [5.74, 6) is -2.59. The second-order valence-electron chi connectivity index (χ2n) is 7.76. The summed E-state index contributed by atoms with van der Waals surface area (Å²) < 4.78 is 0. The number of rotatable bonds is 9. The van der Waals surface area contributed by atoms with Crippen molar-refractivity contribution in [1.82, 2.24) is 16.1 Å². The monoisotopic (exact) mass is 355 g/mol. The largest absolute Gasteiger partial charge is 0.357 e. The number of carbonyl (C=O) groups is 3. The third kappa shape index (κ3) is 7.25. The van der Waals surface area contributed by atoms with Crippen LogP contribution < -0.4 is 16.1 Å². The van der Waals surface area contributed by atoms with Crippen LogP contribution >= 0.6 is 0 Å². The van der Waals surface area contributed by atoms with Gasteiger partial charge in [0.25, 0.3) is 0 Å². The molecule has 0 radical (unpaired) electrons. The molecule has 0 rings (SSSR count). The summed E-state index contributed by atoms with van der Waals surface area (Å²) in [5, 5.41) is 14.3. The topological polar surface area (TPSA) is 108 Å². The lowest BCUT2D eigenvalue weighted by molar-refractivity contribution is -0.142. The third-order valence-corrected chi connectivity index (χ3v) is 4.08. The lowest BCUT2D eigenvalue weighted by Crippen LogP contribution is -2.55. The number of likely N-dealkylation sites (N-methyl/N-ethyl adjacent to an activating group) is 1. The van der Waals surface area contributed by atoms with Gasteiger partial charge < -0.3 is 10.6 Å². The number of hydroxylamine groups is 1. The maximum absolute atomic E-state index is 12.9. The van der Waals surface area contributed by atoms with Gasteiger partial charge in [0.2, 0.25) is 17.7 Å². The average molecular weight is 355 g/mol. The van der Waals surface area contributed by atoms with Crippen LogP contribution in [0.5, 0.6) is 0 Å². The number of hydrogen-bond donors (Lipinski definition) is 4. The van der Waals surface area contributed by atoms with Crippen molar-refractivity contribution in [2.75, 3.05) is 7.05 Å². The first-order valence-electron chi connectivity index (χ1n) is 8.56. The second kappa shape index (κ2) is 10.2. The highest BCUT2D eigenvalue weighted by atomic mass is 16.5. The van der Waals surface area contributed by atoms with Gasteiger partial charge >= 0.3 is 0 Å². The van der Waals surface area contributed by atoms with Gasteiger partial charge in [-0.2, -0.15) is 0 Å². The standard InChI is InChI=1S/C18H33N3O4/c1-8-9-12(16(23)21-25)13(10-11(2)3)15(22)20-14(17(24)19-7)18(4,5)6/h8,11-14,25H,1,9-10H2,2-7H3,(H,19,24)(H,20,22)(H,21,23)/t12-,13-,14+/m0/s1. The summed E-state index contributed by atoms with van der Waals surface area (Å²) in [6, 6.07) is -0.735. The van der Waals surface area contributed by atoms with Gasteiger partial charge in [0.15, 0.2) is 0 Å². The zero-order chi connectivity index (χ0) is 19.8. The SMILES string of the molecule is C=CC[C@H](C(=O)NO)[C@H](CC(C)C)C(=O)N[C@H](C(=O)NC)C(C)(C)C. The molecule has 0 fully saturated rings. The average Bonchev–Trinajstić information content (AvgIpc) is 2.52. The van der Waals surface area contributed by atoms with Crippen LogP contribution in [-0.2, 0) is 14.4 Å². The molecule has 0 aromatic rings. The Kier molecular flexibility index (Phi) is 9.41. The highest BCUT2D eigenvalue weighted by Crippen LogP contribution is 2.26. The molecule has 0 aromatic carbocycles. The van der Waals surface area contributed by atoms with Gasteiger partial charge in [-0.05, 0) is 24.2 Å². The zero-order valence-electron chi connectivity index (χ0n) is 16.2. The molecule has 7 nitrogen and oxygen atoms in total. The van der Waals surface area contributed by atoms with Crippen LogP contribution in [-0.4, -0.2) is 36.0 Å². The molecule has 0 heterocycles. The Hall–Kier alpha value is -1.89. The first-order chi connectivity index (χ1) is 11.5. The fourth-order valence-corrected chi connectivity index (χ4v) is 2.75. The Balaban J connectivity index is 5.63. The molecule has 7 heteroatoms. The van der Waals surface area contributed by atoms with E-state index in [0.717, 1.165) is 0 Å². The summed E-state index contributed by atoms with van der Waals surface area (Å²) in [7, 11) is 1.51. The molecule has 0 aliphatic heterocycles. The number of amides is 3. The van der Waals surface area contributed by atoms with E-state index in [1.54, 1.807) is 11.6 Å². The number of allylic oxidation sites excluding steroid dienone is 1. The smallest absolute Gasteiger partial charge is 0.247 e. The van der Waals surface area contributed by atoms with Gasteiger partial charge in [-0.25, -0.2) is 5.48 Å². The molecule has 0 bridgehead atoms. The lowest BCUT2D eigenvalue weighted by atomic mass is 9.80. The van der Waals surface area contributed by atoms with Crippen molar-refractivity contribution >= 4 is 17.7 Å². The van der Waals surface area contributed by atoms with Gasteiger partial charge in [0.05, 0.1) is 11.8 Å². The molecule has 0 aliphatic rings. The fraction of sp³-hybridized carbons (Fsp3) is 0.722. The molecule has 0 unspecified atom stereocenters. The van der Waals surface area contributed by atoms with E-state index < -0.39 is 29.2 Å². The van der Waals surface area contributed by atoms with Gasteiger partial charge in [-0.1, -0.05) is 40.7 Å². The summed E-state index contributed by atoms with van der Waals surface area (Å²) in [5.41, 5.74) is 1.14. The fourth-order valence-electron chi connectivity index (χ4n) is 2.75. The van der Waals surface area contributed by atoms with Crippen LogP contribution in [0.2, 0.25) is 0 Å². The minimum atomic E-state index is -0.754. The van der Waals surface area contributed by atoms with Crippen LogP contribution in [0, 0.1) is 23.2 Å². The predicted octanol–water partition coefficient (Wildman–Crippen LogP) is 1.62. The highest BCUT2D eigenvalue weighted by molar-refractivity contribution is 5.91. The predicted molar refractivity (Wildman–Crippen MR) is 96.6 cm³/mol. The third-order valence-electron chi connectivity index (χ3n) is 4.08. The van der Waals surface area contributed by atoms with E-state index in [0.29, 0.717) is 6.42 Å². The quantitative estimate of drug-likeness (QED) is 0.286. The molecule has 144 valence electrons. The molecular weight excluding hydrogens is 322 g/mol. The summed E-state index contributed by atoms with van der Waals surface area (Å²) in [4.78, 5) is 37.1. The van der Waals surface area contributed by atoms with Gasteiger partial charge in [-0.15, -0.1) is 6.58 Å². The first kappa shape index (κ1) is 23.1. The molecule has 0 aromatic heterocycles. The maximum atomic E-state index is 12.9. The van der Waals surface area contributed by atoms with Gasteiger partial charge in [0, 0.05) is 7.05 Å². The van der Waals surface area contributed by atoms with Crippen molar-refractivity contribution in [3.8, 4) is 0 Å². The van der Waals surface area contributed by atoms with Crippen LogP contribution in [0.25, 0.3) is 0 Å². The molecule has 25 heavy (non-hydrogen) atoms. The van der Waals surface area contributed by atoms with E-state index in [-0.39, 0.29) is 24.2 Å². The van der Waals surface area contributed by atoms with Crippen LogP contribution in [0.15, 0.2) is 12.7 Å². The van der Waals surface area contributed by atoms with Gasteiger partial charge in [0.1, 0.15) is 6.04 Å². The van der Waals surface area contributed by atoms with E-state index >= 15 is 0 Å². The molecule has 3 amide bonds. The number of carbonyl (C=O) groups excluding carboxylic acids is 3. The van der Waals surface area contributed by atoms with Crippen LogP contribution in [0.1, 0.15) is 47.5 Å². The summed E-state index contributed by atoms with van der Waals surface area (Å²) in [6.07, 6.45) is 2.24. The highest BCUT2D eigenvalue weighted by Gasteiger charge is 2.38. The van der Waals surface area contributed by atoms with Crippen molar-refractivity contribution in [3.63, 3.8) is 0 Å². The molecule has 0 saturated heterocycles. The number of nitrogens with one attached hydrogen (secondary N) is 3. The first-order valence-corrected chi connectivity index (χ1v) is 8.56. The van der Waals surface area contributed by atoms with Gasteiger partial charge in [-0.3, -0.25) is 19.6 Å².